The van der Waals surface area contributed by atoms with Crippen LogP contribution in [0.25, 0.3) is 11.4 Å². The normalized spacial score (nSPS) is 12.2. The Morgan fingerprint density at radius 3 is 2.56 bits per heavy atom. The summed E-state index contributed by atoms with van der Waals surface area (Å²) in [7, 11) is 0. The summed E-state index contributed by atoms with van der Waals surface area (Å²) in [5, 5.41) is 9.56. The molecule has 6 heteroatoms. The molecule has 0 aliphatic rings. The van der Waals surface area contributed by atoms with Gasteiger partial charge in [0, 0.05) is 11.3 Å². The molecular formula is C12H15N5O. The minimum Gasteiger partial charge on any atom is -0.325 e. The first-order valence-corrected chi connectivity index (χ1v) is 5.62. The molecule has 1 aromatic heterocycles. The van der Waals surface area contributed by atoms with Crippen molar-refractivity contribution in [3.63, 3.8) is 0 Å². The third kappa shape index (κ3) is 2.72. The van der Waals surface area contributed by atoms with Crippen molar-refractivity contribution in [3.8, 4) is 11.4 Å². The molecule has 2 rings (SSSR count). The maximum Gasteiger partial charge on any atom is 0.240 e. The molecule has 0 saturated carbocycles. The number of benzene rings is 1. The Balaban J connectivity index is 2.13. The van der Waals surface area contributed by atoms with Gasteiger partial charge in [0.1, 0.15) is 5.82 Å². The van der Waals surface area contributed by atoms with Crippen LogP contribution in [0.1, 0.15) is 12.7 Å². The number of H-pyrrole nitrogens is 1. The number of nitrogens with two attached hydrogens (primary N) is 1. The van der Waals surface area contributed by atoms with E-state index in [1.807, 2.05) is 19.1 Å². The zero-order chi connectivity index (χ0) is 13.1. The lowest BCUT2D eigenvalue weighted by Gasteiger charge is -2.07. The highest BCUT2D eigenvalue weighted by Crippen LogP contribution is 2.17. The van der Waals surface area contributed by atoms with Crippen LogP contribution < -0.4 is 11.1 Å². The van der Waals surface area contributed by atoms with Crippen molar-refractivity contribution in [2.24, 2.45) is 5.73 Å². The Labute approximate surface area is 105 Å². The number of hydrogen-bond acceptors (Lipinski definition) is 4. The van der Waals surface area contributed by atoms with Crippen LogP contribution in [0.3, 0.4) is 0 Å². The topological polar surface area (TPSA) is 96.7 Å². The fourth-order valence-corrected chi connectivity index (χ4v) is 1.43. The number of hydrogen-bond donors (Lipinski definition) is 3. The van der Waals surface area contributed by atoms with Crippen molar-refractivity contribution in [1.82, 2.24) is 15.2 Å². The van der Waals surface area contributed by atoms with Gasteiger partial charge in [-0.2, -0.15) is 5.10 Å². The molecular weight excluding hydrogens is 230 g/mol. The van der Waals surface area contributed by atoms with Crippen molar-refractivity contribution in [1.29, 1.82) is 0 Å². The summed E-state index contributed by atoms with van der Waals surface area (Å²) in [4.78, 5) is 15.6. The first-order valence-electron chi connectivity index (χ1n) is 5.62. The van der Waals surface area contributed by atoms with Crippen molar-refractivity contribution >= 4 is 11.6 Å². The minimum absolute atomic E-state index is 0.212. The van der Waals surface area contributed by atoms with Gasteiger partial charge in [-0.25, -0.2) is 4.98 Å². The van der Waals surface area contributed by atoms with Gasteiger partial charge in [-0.3, -0.25) is 9.89 Å². The van der Waals surface area contributed by atoms with Gasteiger partial charge in [0.2, 0.25) is 5.91 Å². The van der Waals surface area contributed by atoms with E-state index in [-0.39, 0.29) is 5.91 Å². The van der Waals surface area contributed by atoms with E-state index in [1.54, 1.807) is 19.1 Å². The van der Waals surface area contributed by atoms with E-state index in [1.165, 1.54) is 0 Å². The summed E-state index contributed by atoms with van der Waals surface area (Å²) in [5.74, 6) is 1.19. The SMILES string of the molecule is Cc1nc(-c2ccc(NC(=O)[C@H](C)N)cc2)n[nH]1. The summed E-state index contributed by atoms with van der Waals surface area (Å²) >= 11 is 0. The molecule has 0 bridgehead atoms. The van der Waals surface area contributed by atoms with Crippen molar-refractivity contribution in [2.45, 2.75) is 19.9 Å². The third-order valence-corrected chi connectivity index (χ3v) is 2.42. The maximum atomic E-state index is 11.4. The molecule has 1 amide bonds. The van der Waals surface area contributed by atoms with Gasteiger partial charge in [-0.15, -0.1) is 0 Å². The van der Waals surface area contributed by atoms with Crippen LogP contribution in [-0.2, 0) is 4.79 Å². The molecule has 0 spiro atoms. The summed E-state index contributed by atoms with van der Waals surface area (Å²) in [6.45, 7) is 3.48. The van der Waals surface area contributed by atoms with Crippen LogP contribution in [0.2, 0.25) is 0 Å². The van der Waals surface area contributed by atoms with Crippen molar-refractivity contribution in [3.05, 3.63) is 30.1 Å². The first-order chi connectivity index (χ1) is 8.56. The second-order valence-corrected chi connectivity index (χ2v) is 4.10. The number of anilines is 1. The van der Waals surface area contributed by atoms with Crippen LogP contribution in [0.15, 0.2) is 24.3 Å². The molecule has 18 heavy (non-hydrogen) atoms. The predicted molar refractivity (Wildman–Crippen MR) is 68.8 cm³/mol. The zero-order valence-corrected chi connectivity index (χ0v) is 10.3. The molecule has 1 aromatic carbocycles. The number of aryl methyl sites for hydroxylation is 1. The molecule has 0 saturated heterocycles. The van der Waals surface area contributed by atoms with Gasteiger partial charge >= 0.3 is 0 Å². The number of nitrogens with one attached hydrogen (secondary N) is 2. The summed E-state index contributed by atoms with van der Waals surface area (Å²) < 4.78 is 0. The molecule has 1 atom stereocenters. The summed E-state index contributed by atoms with van der Waals surface area (Å²) in [6, 6.07) is 6.75. The van der Waals surface area contributed by atoms with Crippen molar-refractivity contribution in [2.75, 3.05) is 5.32 Å². The van der Waals surface area contributed by atoms with Gasteiger partial charge in [0.15, 0.2) is 5.82 Å². The monoisotopic (exact) mass is 245 g/mol. The number of aromatic nitrogens is 3. The standard InChI is InChI=1S/C12H15N5O/c1-7(13)12(18)15-10-5-3-9(4-6-10)11-14-8(2)16-17-11/h3-7H,13H2,1-2H3,(H,15,18)(H,14,16,17)/t7-/m0/s1. The van der Waals surface area contributed by atoms with Crippen LogP contribution >= 0.6 is 0 Å². The molecule has 6 nitrogen and oxygen atoms in total. The second-order valence-electron chi connectivity index (χ2n) is 4.10. The minimum atomic E-state index is -0.527. The van der Waals surface area contributed by atoms with Gasteiger partial charge in [-0.1, -0.05) is 0 Å². The van der Waals surface area contributed by atoms with Gasteiger partial charge in [-0.05, 0) is 38.1 Å². The number of rotatable bonds is 3. The van der Waals surface area contributed by atoms with E-state index < -0.39 is 6.04 Å². The molecule has 0 aliphatic carbocycles. The second kappa shape index (κ2) is 4.97. The molecule has 4 N–H and O–H groups in total. The van der Waals surface area contributed by atoms with Gasteiger partial charge in [0.05, 0.1) is 6.04 Å². The van der Waals surface area contributed by atoms with E-state index >= 15 is 0 Å². The molecule has 0 fully saturated rings. The maximum absolute atomic E-state index is 11.4. The average Bonchev–Trinajstić information content (AvgIpc) is 2.76. The van der Waals surface area contributed by atoms with Gasteiger partial charge in [0.25, 0.3) is 0 Å². The molecule has 0 unspecified atom stereocenters. The van der Waals surface area contributed by atoms with E-state index in [0.29, 0.717) is 11.5 Å². The van der Waals surface area contributed by atoms with Crippen LogP contribution in [0.4, 0.5) is 5.69 Å². The number of aromatic amines is 1. The lowest BCUT2D eigenvalue weighted by molar-refractivity contribution is -0.117. The zero-order valence-electron chi connectivity index (χ0n) is 10.3. The molecule has 2 aromatic rings. The van der Waals surface area contributed by atoms with Gasteiger partial charge < -0.3 is 11.1 Å². The Morgan fingerprint density at radius 2 is 2.06 bits per heavy atom. The number of carbonyl (C=O) groups excluding carboxylic acids is 1. The summed E-state index contributed by atoms with van der Waals surface area (Å²) in [5.41, 5.74) is 7.06. The number of amides is 1. The van der Waals surface area contributed by atoms with E-state index in [0.717, 1.165) is 11.4 Å². The third-order valence-electron chi connectivity index (χ3n) is 2.42. The average molecular weight is 245 g/mol. The van der Waals surface area contributed by atoms with E-state index in [2.05, 4.69) is 20.5 Å². The van der Waals surface area contributed by atoms with Crippen LogP contribution in [0.5, 0.6) is 0 Å². The van der Waals surface area contributed by atoms with Crippen LogP contribution in [-0.4, -0.2) is 27.1 Å². The Bertz CT molecular complexity index is 544. The molecule has 94 valence electrons. The highest BCUT2D eigenvalue weighted by Gasteiger charge is 2.08. The highest BCUT2D eigenvalue weighted by atomic mass is 16.2. The fourth-order valence-electron chi connectivity index (χ4n) is 1.43. The Morgan fingerprint density at radius 1 is 1.39 bits per heavy atom. The molecule has 0 radical (unpaired) electrons. The Kier molecular flexibility index (Phi) is 3.38. The lowest BCUT2D eigenvalue weighted by Crippen LogP contribution is -2.32. The number of carbonyl (C=O) groups is 1. The van der Waals surface area contributed by atoms with E-state index in [4.69, 9.17) is 5.73 Å². The predicted octanol–water partition coefficient (Wildman–Crippen LogP) is 1.07. The smallest absolute Gasteiger partial charge is 0.240 e. The Hall–Kier alpha value is -2.21. The summed E-state index contributed by atoms with van der Waals surface area (Å²) in [6.07, 6.45) is 0. The quantitative estimate of drug-likeness (QED) is 0.753. The number of nitrogens with zero attached hydrogens (tertiary/aromatic N) is 2. The first kappa shape index (κ1) is 12.3. The highest BCUT2D eigenvalue weighted by molar-refractivity contribution is 5.94. The fraction of sp³-hybridized carbons (Fsp3) is 0.250. The molecule has 0 aliphatic heterocycles. The lowest BCUT2D eigenvalue weighted by atomic mass is 10.2. The van der Waals surface area contributed by atoms with E-state index in [9.17, 15) is 4.79 Å². The van der Waals surface area contributed by atoms with Crippen LogP contribution in [0, 0.1) is 6.92 Å². The molecule has 1 heterocycles. The van der Waals surface area contributed by atoms with Crippen molar-refractivity contribution < 1.29 is 4.79 Å². The largest absolute Gasteiger partial charge is 0.325 e.